The van der Waals surface area contributed by atoms with E-state index in [2.05, 4.69) is 38.2 Å². The van der Waals surface area contributed by atoms with Gasteiger partial charge < -0.3 is 34.3 Å². The summed E-state index contributed by atoms with van der Waals surface area (Å²) in [6.45, 7) is 3.72. The highest BCUT2D eigenvalue weighted by molar-refractivity contribution is 7.85. The maximum atomic E-state index is 12.8. The molecule has 0 spiro atoms. The van der Waals surface area contributed by atoms with E-state index in [4.69, 9.17) is 18.9 Å². The third-order valence-electron chi connectivity index (χ3n) is 10.5. The SMILES string of the molecule is CCCC/C=C/CCCCCCCCCCCC(=O)OC[C@H](CO[C@H]1O[C@H](CS(=O)(=O)O)[C@@H](O)C(O)C1O)OC(=O)CCCCCCC/C=C/CCCCCCCC. The largest absolute Gasteiger partial charge is 0.462 e. The first kappa shape index (κ1) is 54.1. The van der Waals surface area contributed by atoms with Crippen molar-refractivity contribution in [3.63, 3.8) is 0 Å². The normalized spacial score (nSPS) is 20.6. The molecule has 0 aromatic heterocycles. The van der Waals surface area contributed by atoms with E-state index in [0.717, 1.165) is 57.8 Å². The molecule has 13 heteroatoms. The van der Waals surface area contributed by atoms with E-state index in [-0.39, 0.29) is 19.4 Å². The van der Waals surface area contributed by atoms with Crippen molar-refractivity contribution in [3.8, 4) is 0 Å². The minimum Gasteiger partial charge on any atom is -0.462 e. The number of allylic oxidation sites excluding steroid dienone is 4. The third kappa shape index (κ3) is 30.2. The molecular weight excluding hydrogens is 765 g/mol. The van der Waals surface area contributed by atoms with Crippen LogP contribution in [0.4, 0.5) is 0 Å². The molecule has 0 amide bonds. The molecule has 1 aliphatic rings. The maximum Gasteiger partial charge on any atom is 0.306 e. The lowest BCUT2D eigenvalue weighted by Crippen LogP contribution is -2.60. The molecule has 0 aliphatic carbocycles. The summed E-state index contributed by atoms with van der Waals surface area (Å²) in [6, 6.07) is 0. The summed E-state index contributed by atoms with van der Waals surface area (Å²) in [7, 11) is -4.60. The van der Waals surface area contributed by atoms with Crippen LogP contribution in [0.5, 0.6) is 0 Å². The average Bonchev–Trinajstić information content (AvgIpc) is 3.18. The average molecular weight is 847 g/mol. The van der Waals surface area contributed by atoms with Gasteiger partial charge in [0.2, 0.25) is 0 Å². The van der Waals surface area contributed by atoms with Gasteiger partial charge in [0, 0.05) is 12.8 Å². The van der Waals surface area contributed by atoms with Crippen molar-refractivity contribution in [3.05, 3.63) is 24.3 Å². The fraction of sp³-hybridized carbons (Fsp3) is 0.867. The molecule has 58 heavy (non-hydrogen) atoms. The van der Waals surface area contributed by atoms with E-state index < -0.39 is 71.2 Å². The zero-order valence-corrected chi connectivity index (χ0v) is 37.0. The Morgan fingerprint density at radius 1 is 0.569 bits per heavy atom. The number of aliphatic hydroxyl groups excluding tert-OH is 3. The van der Waals surface area contributed by atoms with Gasteiger partial charge >= 0.3 is 11.9 Å². The first-order valence-corrected chi connectivity index (χ1v) is 24.5. The van der Waals surface area contributed by atoms with E-state index in [9.17, 15) is 37.9 Å². The van der Waals surface area contributed by atoms with Crippen LogP contribution in [0.15, 0.2) is 24.3 Å². The van der Waals surface area contributed by atoms with Crippen molar-refractivity contribution in [1.82, 2.24) is 0 Å². The summed E-state index contributed by atoms with van der Waals surface area (Å²) >= 11 is 0. The van der Waals surface area contributed by atoms with Gasteiger partial charge in [-0.1, -0.05) is 147 Å². The lowest BCUT2D eigenvalue weighted by molar-refractivity contribution is -0.297. The molecule has 0 aromatic carbocycles. The van der Waals surface area contributed by atoms with Crippen LogP contribution in [0.25, 0.3) is 0 Å². The first-order chi connectivity index (χ1) is 28.0. The number of hydrogen-bond donors (Lipinski definition) is 4. The third-order valence-corrected chi connectivity index (χ3v) is 11.3. The van der Waals surface area contributed by atoms with E-state index in [0.29, 0.717) is 12.8 Å². The number of unbranched alkanes of at least 4 members (excludes halogenated alkanes) is 22. The molecule has 2 unspecified atom stereocenters. The first-order valence-electron chi connectivity index (χ1n) is 22.9. The minimum atomic E-state index is -4.60. The number of esters is 2. The van der Waals surface area contributed by atoms with Gasteiger partial charge in [-0.2, -0.15) is 8.42 Å². The Bertz CT molecular complexity index is 1180. The van der Waals surface area contributed by atoms with Gasteiger partial charge in [0.25, 0.3) is 10.1 Å². The molecule has 0 aromatic rings. The molecule has 1 fully saturated rings. The van der Waals surface area contributed by atoms with Crippen LogP contribution in [0.2, 0.25) is 0 Å². The fourth-order valence-corrected chi connectivity index (χ4v) is 7.58. The van der Waals surface area contributed by atoms with Crippen molar-refractivity contribution >= 4 is 22.1 Å². The zero-order valence-electron chi connectivity index (χ0n) is 36.2. The lowest BCUT2D eigenvalue weighted by Gasteiger charge is -2.40. The van der Waals surface area contributed by atoms with Crippen LogP contribution < -0.4 is 0 Å². The zero-order chi connectivity index (χ0) is 42.7. The van der Waals surface area contributed by atoms with Crippen LogP contribution in [0, 0.1) is 0 Å². The Balaban J connectivity index is 2.45. The molecule has 12 nitrogen and oxygen atoms in total. The quantitative estimate of drug-likeness (QED) is 0.0200. The second kappa shape index (κ2) is 35.8. The van der Waals surface area contributed by atoms with Gasteiger partial charge in [-0.3, -0.25) is 14.1 Å². The Labute approximate surface area is 351 Å². The van der Waals surface area contributed by atoms with Crippen molar-refractivity contribution in [2.24, 2.45) is 0 Å². The van der Waals surface area contributed by atoms with Crippen LogP contribution >= 0.6 is 0 Å². The standard InChI is InChI=1S/C45H82O12S/c1-3-5-7-9-11-13-15-17-19-21-23-25-27-29-31-33-40(46)54-35-38(36-55-45-44(50)43(49)42(48)39(57-45)37-58(51,52)53)56-41(47)34-32-30-28-26-24-22-20-18-16-14-12-10-8-6-4-2/h9,11,18,20,38-39,42-45,48-50H,3-8,10,12-17,19,21-37H2,1-2H3,(H,51,52,53)/b11-9+,20-18+/t38-,39-,42-,43?,44?,45+/m1/s1. The Morgan fingerprint density at radius 2 is 1.00 bits per heavy atom. The van der Waals surface area contributed by atoms with E-state index >= 15 is 0 Å². The number of ether oxygens (including phenoxy) is 4. The summed E-state index contributed by atoms with van der Waals surface area (Å²) in [5, 5.41) is 30.9. The van der Waals surface area contributed by atoms with Crippen LogP contribution in [-0.4, -0.2) is 96.0 Å². The molecule has 4 N–H and O–H groups in total. The van der Waals surface area contributed by atoms with Gasteiger partial charge in [-0.25, -0.2) is 0 Å². The maximum absolute atomic E-state index is 12.8. The van der Waals surface area contributed by atoms with Gasteiger partial charge in [0.05, 0.1) is 6.61 Å². The second-order valence-corrected chi connectivity index (χ2v) is 17.6. The van der Waals surface area contributed by atoms with Crippen LogP contribution in [0.1, 0.15) is 194 Å². The molecule has 340 valence electrons. The van der Waals surface area contributed by atoms with Gasteiger partial charge in [-0.15, -0.1) is 0 Å². The molecule has 1 aliphatic heterocycles. The Hall–Kier alpha value is -1.87. The molecule has 1 heterocycles. The number of carbonyl (C=O) groups is 2. The summed E-state index contributed by atoms with van der Waals surface area (Å²) in [5.41, 5.74) is 0. The molecule has 0 radical (unpaired) electrons. The van der Waals surface area contributed by atoms with Crippen molar-refractivity contribution in [2.75, 3.05) is 19.0 Å². The summed E-state index contributed by atoms with van der Waals surface area (Å²) in [4.78, 5) is 25.4. The smallest absolute Gasteiger partial charge is 0.306 e. The van der Waals surface area contributed by atoms with E-state index in [1.807, 2.05) is 0 Å². The van der Waals surface area contributed by atoms with Crippen molar-refractivity contribution < 1.29 is 56.8 Å². The Kier molecular flexibility index (Phi) is 33.5. The van der Waals surface area contributed by atoms with Crippen LogP contribution in [0.3, 0.4) is 0 Å². The summed E-state index contributed by atoms with van der Waals surface area (Å²) in [5.74, 6) is -1.99. The number of hydrogen-bond acceptors (Lipinski definition) is 11. The Morgan fingerprint density at radius 3 is 1.48 bits per heavy atom. The monoisotopic (exact) mass is 847 g/mol. The van der Waals surface area contributed by atoms with Crippen molar-refractivity contribution in [1.29, 1.82) is 0 Å². The lowest BCUT2D eigenvalue weighted by atomic mass is 10.00. The highest BCUT2D eigenvalue weighted by Crippen LogP contribution is 2.24. The summed E-state index contributed by atoms with van der Waals surface area (Å²) < 4.78 is 54.0. The second-order valence-electron chi connectivity index (χ2n) is 16.1. The highest BCUT2D eigenvalue weighted by Gasteiger charge is 2.46. The van der Waals surface area contributed by atoms with Crippen molar-refractivity contribution in [2.45, 2.75) is 230 Å². The van der Waals surface area contributed by atoms with Gasteiger partial charge in [0.1, 0.15) is 36.8 Å². The highest BCUT2D eigenvalue weighted by atomic mass is 32.2. The number of rotatable bonds is 38. The van der Waals surface area contributed by atoms with E-state index in [1.165, 1.54) is 96.3 Å². The molecule has 0 saturated carbocycles. The number of carbonyl (C=O) groups excluding carboxylic acids is 2. The molecule has 1 saturated heterocycles. The minimum absolute atomic E-state index is 0.156. The van der Waals surface area contributed by atoms with Crippen LogP contribution in [-0.2, 0) is 38.7 Å². The predicted molar refractivity (Wildman–Crippen MR) is 229 cm³/mol. The number of aliphatic hydroxyl groups is 3. The summed E-state index contributed by atoms with van der Waals surface area (Å²) in [6.07, 6.45) is 29.3. The van der Waals surface area contributed by atoms with Gasteiger partial charge in [-0.05, 0) is 57.8 Å². The molecular formula is C45H82O12S. The molecule has 1 rings (SSSR count). The van der Waals surface area contributed by atoms with Gasteiger partial charge in [0.15, 0.2) is 12.4 Å². The topological polar surface area (TPSA) is 186 Å². The molecule has 0 bridgehead atoms. The van der Waals surface area contributed by atoms with E-state index in [1.54, 1.807) is 0 Å². The predicted octanol–water partition coefficient (Wildman–Crippen LogP) is 9.23. The molecule has 6 atom stereocenters. The fourth-order valence-electron chi connectivity index (χ4n) is 6.89.